The van der Waals surface area contributed by atoms with Gasteiger partial charge >= 0.3 is 0 Å². The van der Waals surface area contributed by atoms with E-state index in [2.05, 4.69) is 27.8 Å². The van der Waals surface area contributed by atoms with Gasteiger partial charge in [0.1, 0.15) is 0 Å². The van der Waals surface area contributed by atoms with Gasteiger partial charge in [-0.25, -0.2) is 0 Å². The lowest BCUT2D eigenvalue weighted by molar-refractivity contribution is 0.0862. The third kappa shape index (κ3) is 3.01. The number of ketones is 1. The van der Waals surface area contributed by atoms with Crippen molar-refractivity contribution in [1.29, 1.82) is 0 Å². The van der Waals surface area contributed by atoms with Crippen molar-refractivity contribution in [2.45, 2.75) is 32.7 Å². The third-order valence-electron chi connectivity index (χ3n) is 3.95. The number of carbonyl (C=O) groups is 1. The molecular weight excluding hydrogens is 290 g/mol. The molecule has 3 heteroatoms. The number of hydrogen-bond acceptors (Lipinski definition) is 2. The molecule has 1 heterocycles. The lowest BCUT2D eigenvalue weighted by Gasteiger charge is -2.23. The van der Waals surface area contributed by atoms with Crippen LogP contribution in [0, 0.1) is 5.92 Å². The van der Waals surface area contributed by atoms with E-state index in [0.29, 0.717) is 0 Å². The molecule has 0 aromatic heterocycles. The van der Waals surface area contributed by atoms with E-state index >= 15 is 0 Å². The van der Waals surface area contributed by atoms with E-state index in [-0.39, 0.29) is 11.8 Å². The fourth-order valence-corrected chi connectivity index (χ4v) is 2.83. The summed E-state index contributed by atoms with van der Waals surface area (Å²) in [7, 11) is 0. The normalized spacial score (nSPS) is 22.1. The standard InChI is InChI=1S/C15H20BrNO/c1-3-12-8-9-17(10-12)11(2)15(18)13-4-6-14(16)7-5-13/h4-7,11-12H,3,8-10H2,1-2H3. The number of carbonyl (C=O) groups excluding carboxylic acids is 1. The van der Waals surface area contributed by atoms with Crippen LogP contribution >= 0.6 is 15.9 Å². The molecule has 1 aliphatic rings. The highest BCUT2D eigenvalue weighted by molar-refractivity contribution is 9.10. The topological polar surface area (TPSA) is 20.3 Å². The van der Waals surface area contributed by atoms with E-state index in [9.17, 15) is 4.79 Å². The molecule has 98 valence electrons. The van der Waals surface area contributed by atoms with Crippen LogP contribution in [0.1, 0.15) is 37.0 Å². The SMILES string of the molecule is CCC1CCN(C(C)C(=O)c2ccc(Br)cc2)C1. The van der Waals surface area contributed by atoms with Crippen molar-refractivity contribution in [3.63, 3.8) is 0 Å². The molecule has 1 aromatic rings. The summed E-state index contributed by atoms with van der Waals surface area (Å²) in [6.45, 7) is 6.39. The second-order valence-corrected chi connectivity index (χ2v) is 6.02. The molecule has 1 fully saturated rings. The first-order chi connectivity index (χ1) is 8.61. The molecule has 2 rings (SSSR count). The molecule has 1 aromatic carbocycles. The van der Waals surface area contributed by atoms with E-state index in [0.717, 1.165) is 29.0 Å². The molecule has 2 nitrogen and oxygen atoms in total. The summed E-state index contributed by atoms with van der Waals surface area (Å²) < 4.78 is 1.01. The zero-order chi connectivity index (χ0) is 13.1. The number of nitrogens with zero attached hydrogens (tertiary/aromatic N) is 1. The van der Waals surface area contributed by atoms with Crippen LogP contribution in [0.25, 0.3) is 0 Å². The van der Waals surface area contributed by atoms with E-state index in [1.807, 2.05) is 31.2 Å². The molecule has 0 saturated carbocycles. The van der Waals surface area contributed by atoms with Gasteiger partial charge in [0.15, 0.2) is 5.78 Å². The third-order valence-corrected chi connectivity index (χ3v) is 4.48. The Morgan fingerprint density at radius 2 is 2.11 bits per heavy atom. The Morgan fingerprint density at radius 3 is 2.67 bits per heavy atom. The maximum absolute atomic E-state index is 12.4. The summed E-state index contributed by atoms with van der Waals surface area (Å²) in [5.41, 5.74) is 0.811. The highest BCUT2D eigenvalue weighted by Crippen LogP contribution is 2.23. The Bertz CT molecular complexity index is 415. The Balaban J connectivity index is 2.03. The monoisotopic (exact) mass is 309 g/mol. The fraction of sp³-hybridized carbons (Fsp3) is 0.533. The van der Waals surface area contributed by atoms with Gasteiger partial charge in [0.05, 0.1) is 6.04 Å². The van der Waals surface area contributed by atoms with Gasteiger partial charge in [-0.3, -0.25) is 9.69 Å². The molecule has 18 heavy (non-hydrogen) atoms. The van der Waals surface area contributed by atoms with Crippen LogP contribution < -0.4 is 0 Å². The van der Waals surface area contributed by atoms with Crippen LogP contribution in [0.3, 0.4) is 0 Å². The van der Waals surface area contributed by atoms with Gasteiger partial charge in [0, 0.05) is 16.6 Å². The Kier molecular flexibility index (Phi) is 4.57. The lowest BCUT2D eigenvalue weighted by atomic mass is 10.0. The largest absolute Gasteiger partial charge is 0.293 e. The first-order valence-corrected chi connectivity index (χ1v) is 7.45. The number of likely N-dealkylation sites (tertiary alicyclic amines) is 1. The number of Topliss-reactive ketones (excluding diaryl/α,β-unsaturated/α-hetero) is 1. The summed E-state index contributed by atoms with van der Waals surface area (Å²) in [5.74, 6) is 1.00. The highest BCUT2D eigenvalue weighted by Gasteiger charge is 2.28. The molecule has 0 spiro atoms. The van der Waals surface area contributed by atoms with Crippen LogP contribution in [0.4, 0.5) is 0 Å². The van der Waals surface area contributed by atoms with Crippen molar-refractivity contribution in [2.24, 2.45) is 5.92 Å². The smallest absolute Gasteiger partial charge is 0.179 e. The van der Waals surface area contributed by atoms with Gasteiger partial charge < -0.3 is 0 Å². The molecule has 0 bridgehead atoms. The average Bonchev–Trinajstić information content (AvgIpc) is 2.86. The van der Waals surface area contributed by atoms with E-state index in [1.165, 1.54) is 12.8 Å². The maximum Gasteiger partial charge on any atom is 0.179 e. The van der Waals surface area contributed by atoms with Crippen molar-refractivity contribution < 1.29 is 4.79 Å². The molecule has 1 aliphatic heterocycles. The number of hydrogen-bond donors (Lipinski definition) is 0. The molecule has 2 unspecified atom stereocenters. The first-order valence-electron chi connectivity index (χ1n) is 6.65. The molecule has 0 radical (unpaired) electrons. The van der Waals surface area contributed by atoms with Crippen molar-refractivity contribution >= 4 is 21.7 Å². The molecule has 0 N–H and O–H groups in total. The maximum atomic E-state index is 12.4. The van der Waals surface area contributed by atoms with Crippen LogP contribution in [-0.4, -0.2) is 29.8 Å². The highest BCUT2D eigenvalue weighted by atomic mass is 79.9. The van der Waals surface area contributed by atoms with Crippen LogP contribution in [0.5, 0.6) is 0 Å². The van der Waals surface area contributed by atoms with E-state index < -0.39 is 0 Å². The van der Waals surface area contributed by atoms with E-state index in [1.54, 1.807) is 0 Å². The summed E-state index contributed by atoms with van der Waals surface area (Å²) >= 11 is 3.39. The van der Waals surface area contributed by atoms with Crippen LogP contribution in [0.2, 0.25) is 0 Å². The zero-order valence-electron chi connectivity index (χ0n) is 11.0. The minimum atomic E-state index is 0.00252. The quantitative estimate of drug-likeness (QED) is 0.789. The molecule has 1 saturated heterocycles. The minimum absolute atomic E-state index is 0.00252. The van der Waals surface area contributed by atoms with Gasteiger partial charge in [-0.2, -0.15) is 0 Å². The number of benzene rings is 1. The minimum Gasteiger partial charge on any atom is -0.293 e. The van der Waals surface area contributed by atoms with Crippen molar-refractivity contribution in [1.82, 2.24) is 4.90 Å². The fourth-order valence-electron chi connectivity index (χ4n) is 2.57. The zero-order valence-corrected chi connectivity index (χ0v) is 12.6. The van der Waals surface area contributed by atoms with Gasteiger partial charge in [0.2, 0.25) is 0 Å². The van der Waals surface area contributed by atoms with Crippen molar-refractivity contribution in [3.05, 3.63) is 34.3 Å². The summed E-state index contributed by atoms with van der Waals surface area (Å²) in [6, 6.07) is 7.66. The number of rotatable bonds is 4. The summed E-state index contributed by atoms with van der Waals surface area (Å²) in [6.07, 6.45) is 2.45. The van der Waals surface area contributed by atoms with Crippen molar-refractivity contribution in [2.75, 3.05) is 13.1 Å². The van der Waals surface area contributed by atoms with Gasteiger partial charge in [-0.15, -0.1) is 0 Å². The second-order valence-electron chi connectivity index (χ2n) is 5.11. The van der Waals surface area contributed by atoms with Crippen LogP contribution in [-0.2, 0) is 0 Å². The van der Waals surface area contributed by atoms with Crippen molar-refractivity contribution in [3.8, 4) is 0 Å². The Labute approximate surface area is 117 Å². The molecule has 2 atom stereocenters. The summed E-state index contributed by atoms with van der Waals surface area (Å²) in [4.78, 5) is 14.7. The second kappa shape index (κ2) is 5.98. The van der Waals surface area contributed by atoms with Crippen LogP contribution in [0.15, 0.2) is 28.7 Å². The Hall–Kier alpha value is -0.670. The average molecular weight is 310 g/mol. The predicted molar refractivity (Wildman–Crippen MR) is 77.9 cm³/mol. The predicted octanol–water partition coefficient (Wildman–Crippen LogP) is 3.75. The van der Waals surface area contributed by atoms with Gasteiger partial charge in [-0.05, 0) is 37.9 Å². The molecule has 0 aliphatic carbocycles. The van der Waals surface area contributed by atoms with Gasteiger partial charge in [-0.1, -0.05) is 41.4 Å². The Morgan fingerprint density at radius 1 is 1.44 bits per heavy atom. The number of halogens is 1. The molecular formula is C15H20BrNO. The van der Waals surface area contributed by atoms with Gasteiger partial charge in [0.25, 0.3) is 0 Å². The van der Waals surface area contributed by atoms with E-state index in [4.69, 9.17) is 0 Å². The summed E-state index contributed by atoms with van der Waals surface area (Å²) in [5, 5.41) is 0. The lowest BCUT2D eigenvalue weighted by Crippen LogP contribution is -2.37. The first kappa shape index (κ1) is 13.8. The molecule has 0 amide bonds.